The van der Waals surface area contributed by atoms with Gasteiger partial charge in [0.1, 0.15) is 10.6 Å². The monoisotopic (exact) mass is 326 g/mol. The zero-order valence-electron chi connectivity index (χ0n) is 13.2. The van der Waals surface area contributed by atoms with Crippen molar-refractivity contribution in [2.45, 2.75) is 26.9 Å². The van der Waals surface area contributed by atoms with E-state index < -0.39 is 0 Å². The maximum Gasteiger partial charge on any atom is 0.266 e. The van der Waals surface area contributed by atoms with Gasteiger partial charge in [-0.1, -0.05) is 30.3 Å². The van der Waals surface area contributed by atoms with Crippen LogP contribution in [-0.4, -0.2) is 15.8 Å². The van der Waals surface area contributed by atoms with E-state index in [1.54, 1.807) is 11.2 Å². The van der Waals surface area contributed by atoms with Gasteiger partial charge in [0, 0.05) is 6.54 Å². The van der Waals surface area contributed by atoms with Crippen LogP contribution in [0.5, 0.6) is 0 Å². The molecule has 1 amide bonds. The molecule has 0 aliphatic heterocycles. The van der Waals surface area contributed by atoms with Crippen LogP contribution in [0.1, 0.15) is 31.7 Å². The fraction of sp³-hybridized carbons (Fsp3) is 0.222. The number of aryl methyl sites for hydroxylation is 2. The Kier molecular flexibility index (Phi) is 4.57. The Morgan fingerprint density at radius 1 is 1.13 bits per heavy atom. The highest BCUT2D eigenvalue weighted by Crippen LogP contribution is 2.22. The van der Waals surface area contributed by atoms with Crippen LogP contribution in [0.3, 0.4) is 0 Å². The van der Waals surface area contributed by atoms with Gasteiger partial charge in [0.05, 0.1) is 23.5 Å². The van der Waals surface area contributed by atoms with Gasteiger partial charge < -0.3 is 9.32 Å². The van der Waals surface area contributed by atoms with E-state index in [9.17, 15) is 4.79 Å². The van der Waals surface area contributed by atoms with Crippen LogP contribution in [0.4, 0.5) is 0 Å². The second kappa shape index (κ2) is 6.79. The predicted molar refractivity (Wildman–Crippen MR) is 90.3 cm³/mol. The molecule has 0 unspecified atom stereocenters. The van der Waals surface area contributed by atoms with Crippen LogP contribution >= 0.6 is 11.3 Å². The second-order valence-electron chi connectivity index (χ2n) is 5.37. The van der Waals surface area contributed by atoms with E-state index in [0.717, 1.165) is 22.0 Å². The molecule has 118 valence electrons. The number of carbonyl (C=O) groups is 1. The number of hydrogen-bond donors (Lipinski definition) is 0. The lowest BCUT2D eigenvalue weighted by Crippen LogP contribution is -2.29. The number of furan rings is 1. The summed E-state index contributed by atoms with van der Waals surface area (Å²) in [5.74, 6) is 0.765. The summed E-state index contributed by atoms with van der Waals surface area (Å²) in [5.41, 5.74) is 1.88. The molecule has 0 saturated carbocycles. The molecular formula is C18H18N2O2S. The number of rotatable bonds is 5. The fourth-order valence-electron chi connectivity index (χ4n) is 2.47. The van der Waals surface area contributed by atoms with Crippen molar-refractivity contribution in [3.8, 4) is 0 Å². The van der Waals surface area contributed by atoms with Gasteiger partial charge in [-0.3, -0.25) is 4.79 Å². The Bertz CT molecular complexity index is 779. The molecule has 5 heteroatoms. The average molecular weight is 326 g/mol. The molecule has 0 spiro atoms. The highest BCUT2D eigenvalue weighted by Gasteiger charge is 2.22. The zero-order chi connectivity index (χ0) is 16.2. The molecule has 2 aromatic heterocycles. The number of nitrogens with zero attached hydrogens (tertiary/aromatic N) is 2. The van der Waals surface area contributed by atoms with E-state index in [4.69, 9.17) is 4.42 Å². The third-order valence-corrected chi connectivity index (χ3v) is 4.59. The van der Waals surface area contributed by atoms with Crippen LogP contribution in [0.15, 0.2) is 53.1 Å². The first kappa shape index (κ1) is 15.5. The second-order valence-corrected chi connectivity index (χ2v) is 6.58. The van der Waals surface area contributed by atoms with Crippen molar-refractivity contribution < 1.29 is 9.21 Å². The molecule has 0 aliphatic carbocycles. The number of hydrogen-bond acceptors (Lipinski definition) is 4. The van der Waals surface area contributed by atoms with Crippen molar-refractivity contribution in [1.29, 1.82) is 0 Å². The SMILES string of the molecule is Cc1nc(C)c(C(=O)N(Cc2ccccc2)Cc2ccco2)s1. The number of thiazole rings is 1. The maximum atomic E-state index is 13.0. The molecule has 2 heterocycles. The Hall–Kier alpha value is -2.40. The molecule has 3 rings (SSSR count). The van der Waals surface area contributed by atoms with Gasteiger partial charge in [-0.15, -0.1) is 11.3 Å². The smallest absolute Gasteiger partial charge is 0.266 e. The summed E-state index contributed by atoms with van der Waals surface area (Å²) < 4.78 is 5.42. The van der Waals surface area contributed by atoms with Gasteiger partial charge in [0.15, 0.2) is 0 Å². The van der Waals surface area contributed by atoms with Crippen LogP contribution in [0.25, 0.3) is 0 Å². The maximum absolute atomic E-state index is 13.0. The van der Waals surface area contributed by atoms with Gasteiger partial charge in [0.2, 0.25) is 0 Å². The van der Waals surface area contributed by atoms with Gasteiger partial charge in [-0.25, -0.2) is 4.98 Å². The van der Waals surface area contributed by atoms with E-state index in [0.29, 0.717) is 18.0 Å². The molecule has 0 saturated heterocycles. The Morgan fingerprint density at radius 3 is 2.52 bits per heavy atom. The molecule has 0 bridgehead atoms. The number of aromatic nitrogens is 1. The molecule has 0 aliphatic rings. The topological polar surface area (TPSA) is 46.3 Å². The number of benzene rings is 1. The average Bonchev–Trinajstić information content (AvgIpc) is 3.16. The molecule has 0 radical (unpaired) electrons. The minimum absolute atomic E-state index is 0.00615. The summed E-state index contributed by atoms with van der Waals surface area (Å²) in [6, 6.07) is 13.7. The summed E-state index contributed by atoms with van der Waals surface area (Å²) in [5, 5.41) is 0.906. The molecule has 1 aromatic carbocycles. The lowest BCUT2D eigenvalue weighted by atomic mass is 10.2. The third kappa shape index (κ3) is 3.68. The van der Waals surface area contributed by atoms with Crippen molar-refractivity contribution >= 4 is 17.2 Å². The Labute approximate surface area is 139 Å². The number of amides is 1. The molecule has 3 aromatic rings. The molecule has 4 nitrogen and oxygen atoms in total. The predicted octanol–water partition coefficient (Wildman–Crippen LogP) is 4.20. The van der Waals surface area contributed by atoms with Crippen molar-refractivity contribution in [1.82, 2.24) is 9.88 Å². The van der Waals surface area contributed by atoms with Gasteiger partial charge in [0.25, 0.3) is 5.91 Å². The van der Waals surface area contributed by atoms with E-state index in [1.807, 2.05) is 56.3 Å². The van der Waals surface area contributed by atoms with Crippen LogP contribution in [0.2, 0.25) is 0 Å². The van der Waals surface area contributed by atoms with Crippen LogP contribution in [-0.2, 0) is 13.1 Å². The van der Waals surface area contributed by atoms with E-state index in [2.05, 4.69) is 4.98 Å². The lowest BCUT2D eigenvalue weighted by Gasteiger charge is -2.21. The van der Waals surface area contributed by atoms with Crippen molar-refractivity contribution in [3.05, 3.63) is 75.6 Å². The normalized spacial score (nSPS) is 10.7. The standard InChI is InChI=1S/C18H18N2O2S/c1-13-17(23-14(2)19-13)18(21)20(12-16-9-6-10-22-16)11-15-7-4-3-5-8-15/h3-10H,11-12H2,1-2H3. The molecule has 0 atom stereocenters. The fourth-order valence-corrected chi connectivity index (χ4v) is 3.36. The quantitative estimate of drug-likeness (QED) is 0.706. The molecular weight excluding hydrogens is 308 g/mol. The lowest BCUT2D eigenvalue weighted by molar-refractivity contribution is 0.0721. The van der Waals surface area contributed by atoms with E-state index in [-0.39, 0.29) is 5.91 Å². The zero-order valence-corrected chi connectivity index (χ0v) is 14.0. The minimum atomic E-state index is -0.00615. The summed E-state index contributed by atoms with van der Waals surface area (Å²) >= 11 is 1.44. The van der Waals surface area contributed by atoms with Gasteiger partial charge >= 0.3 is 0 Å². The first-order chi connectivity index (χ1) is 11.1. The van der Waals surface area contributed by atoms with Crippen LogP contribution < -0.4 is 0 Å². The Balaban J connectivity index is 1.87. The summed E-state index contributed by atoms with van der Waals surface area (Å²) in [6.45, 7) is 4.78. The van der Waals surface area contributed by atoms with E-state index in [1.165, 1.54) is 11.3 Å². The molecule has 0 fully saturated rings. The molecule has 0 N–H and O–H groups in total. The van der Waals surface area contributed by atoms with Gasteiger partial charge in [-0.2, -0.15) is 0 Å². The first-order valence-electron chi connectivity index (χ1n) is 7.43. The summed E-state index contributed by atoms with van der Waals surface area (Å²) in [6.07, 6.45) is 1.63. The highest BCUT2D eigenvalue weighted by molar-refractivity contribution is 7.13. The largest absolute Gasteiger partial charge is 0.467 e. The first-order valence-corrected chi connectivity index (χ1v) is 8.25. The van der Waals surface area contributed by atoms with Crippen molar-refractivity contribution in [3.63, 3.8) is 0 Å². The van der Waals surface area contributed by atoms with Crippen LogP contribution in [0, 0.1) is 13.8 Å². The van der Waals surface area contributed by atoms with E-state index >= 15 is 0 Å². The van der Waals surface area contributed by atoms with Crippen molar-refractivity contribution in [2.24, 2.45) is 0 Å². The number of carbonyl (C=O) groups excluding carboxylic acids is 1. The van der Waals surface area contributed by atoms with Gasteiger partial charge in [-0.05, 0) is 31.5 Å². The highest BCUT2D eigenvalue weighted by atomic mass is 32.1. The minimum Gasteiger partial charge on any atom is -0.467 e. The molecule has 23 heavy (non-hydrogen) atoms. The summed E-state index contributed by atoms with van der Waals surface area (Å²) in [4.78, 5) is 19.8. The Morgan fingerprint density at radius 2 is 1.91 bits per heavy atom. The van der Waals surface area contributed by atoms with Crippen molar-refractivity contribution in [2.75, 3.05) is 0 Å². The summed E-state index contributed by atoms with van der Waals surface area (Å²) in [7, 11) is 0. The third-order valence-electron chi connectivity index (χ3n) is 3.53.